The van der Waals surface area contributed by atoms with Gasteiger partial charge in [0.25, 0.3) is 0 Å². The second kappa shape index (κ2) is 2.86. The van der Waals surface area contributed by atoms with Crippen molar-refractivity contribution >= 4 is 5.71 Å². The smallest absolute Gasteiger partial charge is 0.0678 e. The van der Waals surface area contributed by atoms with Gasteiger partial charge in [0.15, 0.2) is 0 Å². The van der Waals surface area contributed by atoms with Gasteiger partial charge >= 0.3 is 0 Å². The van der Waals surface area contributed by atoms with Crippen molar-refractivity contribution in [2.45, 2.75) is 33.6 Å². The number of hydrogen-bond donors (Lipinski definition) is 0. The summed E-state index contributed by atoms with van der Waals surface area (Å²) in [5.41, 5.74) is 7.65. The summed E-state index contributed by atoms with van der Waals surface area (Å²) in [5, 5.41) is 4.01. The molecule has 2 nitrogen and oxygen atoms in total. The topological polar surface area (TPSA) is 26.5 Å². The first kappa shape index (κ1) is 7.32. The molecular weight excluding hydrogens is 124 g/mol. The standard InChI is InChI=1S/C8H13N2/c1-4-7-6(3)9-10-8(7)5-2/h4-5H2,1-3H3. The first-order valence-corrected chi connectivity index (χ1v) is 3.77. The molecule has 0 aromatic rings. The van der Waals surface area contributed by atoms with Gasteiger partial charge in [0.05, 0.1) is 11.4 Å². The zero-order chi connectivity index (χ0) is 7.56. The Labute approximate surface area is 62.0 Å². The predicted octanol–water partition coefficient (Wildman–Crippen LogP) is 2.05. The molecule has 1 rings (SSSR count). The summed E-state index contributed by atoms with van der Waals surface area (Å²) in [6, 6.07) is 0. The maximum atomic E-state index is 4.06. The highest BCUT2D eigenvalue weighted by Gasteiger charge is 2.13. The fourth-order valence-corrected chi connectivity index (χ4v) is 1.21. The third kappa shape index (κ3) is 1.06. The van der Waals surface area contributed by atoms with Gasteiger partial charge in [0.2, 0.25) is 0 Å². The lowest BCUT2D eigenvalue weighted by molar-refractivity contribution is 0.825. The Balaban J connectivity index is 2.81. The first-order valence-electron chi connectivity index (χ1n) is 3.77. The molecule has 0 aliphatic carbocycles. The quantitative estimate of drug-likeness (QED) is 0.557. The minimum Gasteiger partial charge on any atom is -0.155 e. The molecule has 0 fully saturated rings. The minimum absolute atomic E-state index is 1.00. The molecule has 0 bridgehead atoms. The van der Waals surface area contributed by atoms with Crippen LogP contribution in [-0.4, -0.2) is 5.71 Å². The zero-order valence-corrected chi connectivity index (χ0v) is 6.81. The van der Waals surface area contributed by atoms with E-state index in [4.69, 9.17) is 0 Å². The summed E-state index contributed by atoms with van der Waals surface area (Å²) >= 11 is 0. The van der Waals surface area contributed by atoms with E-state index < -0.39 is 0 Å². The van der Waals surface area contributed by atoms with Crippen molar-refractivity contribution in [1.29, 1.82) is 0 Å². The zero-order valence-electron chi connectivity index (χ0n) is 6.81. The molecular formula is C8H13N2. The van der Waals surface area contributed by atoms with Crippen molar-refractivity contribution in [2.75, 3.05) is 0 Å². The molecule has 55 valence electrons. The molecule has 1 aliphatic heterocycles. The molecule has 1 radical (unpaired) electrons. The molecule has 0 atom stereocenters. The lowest BCUT2D eigenvalue weighted by atomic mass is 10.1. The fraction of sp³-hybridized carbons (Fsp3) is 0.625. The van der Waals surface area contributed by atoms with Crippen molar-refractivity contribution < 1.29 is 0 Å². The Hall–Kier alpha value is -0.790. The van der Waals surface area contributed by atoms with Crippen LogP contribution < -0.4 is 5.43 Å². The van der Waals surface area contributed by atoms with Crippen LogP contribution in [0.3, 0.4) is 0 Å². The monoisotopic (exact) mass is 137 g/mol. The minimum atomic E-state index is 1.00. The SMILES string of the molecule is CCC1=C(CC)C(C)=N[N]1. The molecule has 0 N–H and O–H groups in total. The molecule has 0 amide bonds. The van der Waals surface area contributed by atoms with E-state index in [2.05, 4.69) is 24.4 Å². The van der Waals surface area contributed by atoms with E-state index in [1.54, 1.807) is 0 Å². The van der Waals surface area contributed by atoms with Crippen LogP contribution in [0.25, 0.3) is 0 Å². The molecule has 10 heavy (non-hydrogen) atoms. The molecule has 1 heterocycles. The van der Waals surface area contributed by atoms with Crippen LogP contribution >= 0.6 is 0 Å². The fourth-order valence-electron chi connectivity index (χ4n) is 1.21. The van der Waals surface area contributed by atoms with E-state index in [0.29, 0.717) is 0 Å². The number of hydrogen-bond acceptors (Lipinski definition) is 1. The van der Waals surface area contributed by atoms with Gasteiger partial charge in [-0.1, -0.05) is 13.8 Å². The van der Waals surface area contributed by atoms with Gasteiger partial charge in [0, 0.05) is 0 Å². The van der Waals surface area contributed by atoms with Crippen LogP contribution in [0.4, 0.5) is 0 Å². The average molecular weight is 137 g/mol. The molecule has 0 saturated heterocycles. The number of rotatable bonds is 2. The maximum Gasteiger partial charge on any atom is 0.0678 e. The van der Waals surface area contributed by atoms with Crippen molar-refractivity contribution in [3.05, 3.63) is 11.3 Å². The normalized spacial score (nSPS) is 17.3. The molecule has 2 heteroatoms. The summed E-state index contributed by atoms with van der Waals surface area (Å²) < 4.78 is 0. The highest BCUT2D eigenvalue weighted by Crippen LogP contribution is 2.17. The third-order valence-corrected chi connectivity index (χ3v) is 1.79. The van der Waals surface area contributed by atoms with E-state index in [1.165, 1.54) is 11.3 Å². The van der Waals surface area contributed by atoms with Gasteiger partial charge in [-0.15, -0.1) is 0 Å². The van der Waals surface area contributed by atoms with Crippen molar-refractivity contribution in [3.8, 4) is 0 Å². The van der Waals surface area contributed by atoms with Gasteiger partial charge in [-0.3, -0.25) is 0 Å². The van der Waals surface area contributed by atoms with Crippen molar-refractivity contribution in [2.24, 2.45) is 5.10 Å². The Morgan fingerprint density at radius 3 is 2.30 bits per heavy atom. The van der Waals surface area contributed by atoms with Crippen molar-refractivity contribution in [3.63, 3.8) is 0 Å². The molecule has 0 aromatic heterocycles. The Morgan fingerprint density at radius 2 is 1.90 bits per heavy atom. The highest BCUT2D eigenvalue weighted by atomic mass is 15.3. The Morgan fingerprint density at radius 1 is 1.20 bits per heavy atom. The average Bonchev–Trinajstić information content (AvgIpc) is 2.30. The number of nitrogens with zero attached hydrogens (tertiary/aromatic N) is 2. The van der Waals surface area contributed by atoms with Crippen molar-refractivity contribution in [1.82, 2.24) is 5.43 Å². The van der Waals surface area contributed by atoms with E-state index >= 15 is 0 Å². The second-order valence-electron chi connectivity index (χ2n) is 2.42. The lowest BCUT2D eigenvalue weighted by Gasteiger charge is -1.98. The lowest BCUT2D eigenvalue weighted by Crippen LogP contribution is -1.94. The van der Waals surface area contributed by atoms with Crippen LogP contribution in [-0.2, 0) is 0 Å². The van der Waals surface area contributed by atoms with Gasteiger partial charge in [0.1, 0.15) is 0 Å². The largest absolute Gasteiger partial charge is 0.155 e. The van der Waals surface area contributed by atoms with E-state index in [9.17, 15) is 0 Å². The molecule has 0 unspecified atom stereocenters. The third-order valence-electron chi connectivity index (χ3n) is 1.79. The highest BCUT2D eigenvalue weighted by molar-refractivity contribution is 6.00. The molecule has 0 spiro atoms. The van der Waals surface area contributed by atoms with Crippen LogP contribution in [0.2, 0.25) is 0 Å². The summed E-state index contributed by atoms with van der Waals surface area (Å²) in [4.78, 5) is 0. The summed E-state index contributed by atoms with van der Waals surface area (Å²) in [6.45, 7) is 6.28. The molecule has 0 saturated carbocycles. The summed E-state index contributed by atoms with van der Waals surface area (Å²) in [5.74, 6) is 0. The summed E-state index contributed by atoms with van der Waals surface area (Å²) in [7, 11) is 0. The van der Waals surface area contributed by atoms with Crippen LogP contribution in [0.15, 0.2) is 16.4 Å². The van der Waals surface area contributed by atoms with Gasteiger partial charge < -0.3 is 0 Å². The second-order valence-corrected chi connectivity index (χ2v) is 2.42. The first-order chi connectivity index (χ1) is 4.79. The Kier molecular flexibility index (Phi) is 2.10. The van der Waals surface area contributed by atoms with E-state index in [-0.39, 0.29) is 0 Å². The van der Waals surface area contributed by atoms with Crippen LogP contribution in [0.1, 0.15) is 33.6 Å². The van der Waals surface area contributed by atoms with Gasteiger partial charge in [-0.2, -0.15) is 10.5 Å². The molecule has 0 aromatic carbocycles. The van der Waals surface area contributed by atoms with Gasteiger partial charge in [-0.05, 0) is 25.3 Å². The predicted molar refractivity (Wildman–Crippen MR) is 42.9 cm³/mol. The Bertz CT molecular complexity index is 189. The van der Waals surface area contributed by atoms with Crippen LogP contribution in [0, 0.1) is 0 Å². The maximum absolute atomic E-state index is 4.06. The molecule has 1 aliphatic rings. The van der Waals surface area contributed by atoms with Crippen LogP contribution in [0.5, 0.6) is 0 Å². The summed E-state index contributed by atoms with van der Waals surface area (Å²) in [6.07, 6.45) is 2.06. The van der Waals surface area contributed by atoms with E-state index in [0.717, 1.165) is 18.6 Å². The van der Waals surface area contributed by atoms with E-state index in [1.807, 2.05) is 6.92 Å². The number of allylic oxidation sites excluding steroid dienone is 2. The van der Waals surface area contributed by atoms with Gasteiger partial charge in [-0.25, -0.2) is 0 Å².